The van der Waals surface area contributed by atoms with Gasteiger partial charge in [-0.2, -0.15) is 0 Å². The first-order valence-electron chi connectivity index (χ1n) is 5.68. The standard InChI is InChI=1S/C7H9N.C6H4N2O4/c8-6-7-4-2-1-3-5-7;9-7(10)5-3-1-2-4-6(5)8(11)12/h1-5H,6,8H2;1-4H. The van der Waals surface area contributed by atoms with Crippen LogP contribution in [0, 0.1) is 20.2 Å². The van der Waals surface area contributed by atoms with Crippen LogP contribution < -0.4 is 5.73 Å². The first kappa shape index (κ1) is 15.3. The summed E-state index contributed by atoms with van der Waals surface area (Å²) >= 11 is 0. The molecule has 0 unspecified atom stereocenters. The molecule has 0 fully saturated rings. The Morgan fingerprint density at radius 2 is 1.20 bits per heavy atom. The zero-order chi connectivity index (χ0) is 15.0. The summed E-state index contributed by atoms with van der Waals surface area (Å²) in [5.41, 5.74) is 5.57. The van der Waals surface area contributed by atoms with Gasteiger partial charge in [0.1, 0.15) is 0 Å². The molecule has 0 saturated carbocycles. The van der Waals surface area contributed by atoms with Crippen LogP contribution in [0.1, 0.15) is 5.56 Å². The Hall–Kier alpha value is -2.80. The predicted octanol–water partition coefficient (Wildman–Crippen LogP) is 2.65. The molecule has 0 saturated heterocycles. The van der Waals surface area contributed by atoms with E-state index in [4.69, 9.17) is 5.73 Å². The van der Waals surface area contributed by atoms with Crippen molar-refractivity contribution in [2.75, 3.05) is 0 Å². The summed E-state index contributed by atoms with van der Waals surface area (Å²) in [6.45, 7) is 0.640. The first-order valence-corrected chi connectivity index (χ1v) is 5.68. The van der Waals surface area contributed by atoms with E-state index >= 15 is 0 Å². The van der Waals surface area contributed by atoms with Gasteiger partial charge in [-0.3, -0.25) is 20.2 Å². The van der Waals surface area contributed by atoms with Crippen LogP contribution in [-0.4, -0.2) is 9.85 Å². The van der Waals surface area contributed by atoms with Gasteiger partial charge in [0.15, 0.2) is 0 Å². The first-order chi connectivity index (χ1) is 9.56. The van der Waals surface area contributed by atoms with E-state index in [1.807, 2.05) is 30.3 Å². The molecule has 0 atom stereocenters. The van der Waals surface area contributed by atoms with E-state index in [1.54, 1.807) is 0 Å². The van der Waals surface area contributed by atoms with Crippen molar-refractivity contribution in [3.63, 3.8) is 0 Å². The van der Waals surface area contributed by atoms with Gasteiger partial charge in [-0.15, -0.1) is 0 Å². The fraction of sp³-hybridized carbons (Fsp3) is 0.0769. The maximum atomic E-state index is 10.2. The van der Waals surface area contributed by atoms with Crippen LogP contribution in [0.3, 0.4) is 0 Å². The number of nitrogens with two attached hydrogens (primary N) is 1. The lowest BCUT2D eigenvalue weighted by molar-refractivity contribution is -0.422. The van der Waals surface area contributed by atoms with Gasteiger partial charge in [0.05, 0.1) is 9.85 Å². The number of nitro groups is 2. The summed E-state index contributed by atoms with van der Waals surface area (Å²) in [6.07, 6.45) is 0. The molecule has 2 N–H and O–H groups in total. The molecule has 0 bridgehead atoms. The minimum atomic E-state index is -0.780. The molecule has 0 aliphatic heterocycles. The highest BCUT2D eigenvalue weighted by Crippen LogP contribution is 2.24. The molecule has 7 nitrogen and oxygen atoms in total. The second-order valence-electron chi connectivity index (χ2n) is 3.69. The van der Waals surface area contributed by atoms with Gasteiger partial charge in [0.2, 0.25) is 0 Å². The largest absolute Gasteiger partial charge is 0.346 e. The van der Waals surface area contributed by atoms with Crippen LogP contribution in [0.2, 0.25) is 0 Å². The van der Waals surface area contributed by atoms with E-state index in [9.17, 15) is 20.2 Å². The van der Waals surface area contributed by atoms with E-state index < -0.39 is 21.2 Å². The summed E-state index contributed by atoms with van der Waals surface area (Å²) in [7, 11) is 0. The van der Waals surface area contributed by atoms with Crippen molar-refractivity contribution in [3.05, 3.63) is 80.4 Å². The molecule has 0 heterocycles. The molecule has 0 aromatic heterocycles. The highest BCUT2D eigenvalue weighted by atomic mass is 16.6. The van der Waals surface area contributed by atoms with Gasteiger partial charge in [0.25, 0.3) is 0 Å². The van der Waals surface area contributed by atoms with E-state index in [0.717, 1.165) is 12.1 Å². The van der Waals surface area contributed by atoms with E-state index in [0.29, 0.717) is 6.54 Å². The third-order valence-corrected chi connectivity index (χ3v) is 2.35. The SMILES string of the molecule is NCc1ccccc1.O=[N+]([O-])c1ccccc1[N+](=O)[O-]. The second kappa shape index (κ2) is 7.59. The van der Waals surface area contributed by atoms with Crippen LogP contribution >= 0.6 is 0 Å². The van der Waals surface area contributed by atoms with Gasteiger partial charge < -0.3 is 5.73 Å². The number of hydrogen-bond donors (Lipinski definition) is 1. The number of benzene rings is 2. The van der Waals surface area contributed by atoms with Crippen LogP contribution in [0.15, 0.2) is 54.6 Å². The fourth-order valence-electron chi connectivity index (χ4n) is 1.39. The topological polar surface area (TPSA) is 112 Å². The molecule has 104 valence electrons. The maximum Gasteiger partial charge on any atom is 0.346 e. The second-order valence-corrected chi connectivity index (χ2v) is 3.69. The summed E-state index contributed by atoms with van der Waals surface area (Å²) in [5, 5.41) is 20.5. The average molecular weight is 275 g/mol. The Bertz CT molecular complexity index is 554. The molecular weight excluding hydrogens is 262 g/mol. The fourth-order valence-corrected chi connectivity index (χ4v) is 1.39. The van der Waals surface area contributed by atoms with Gasteiger partial charge in [-0.05, 0) is 5.56 Å². The summed E-state index contributed by atoms with van der Waals surface area (Å²) in [4.78, 5) is 18.9. The maximum absolute atomic E-state index is 10.2. The molecule has 0 aliphatic rings. The van der Waals surface area contributed by atoms with Gasteiger partial charge >= 0.3 is 11.4 Å². The molecule has 2 rings (SSSR count). The van der Waals surface area contributed by atoms with Crippen molar-refractivity contribution in [1.29, 1.82) is 0 Å². The summed E-state index contributed by atoms with van der Waals surface area (Å²) in [5.74, 6) is 0. The lowest BCUT2D eigenvalue weighted by atomic mass is 10.2. The van der Waals surface area contributed by atoms with Gasteiger partial charge in [-0.1, -0.05) is 42.5 Å². The normalized spacial score (nSPS) is 9.25. The van der Waals surface area contributed by atoms with Crippen molar-refractivity contribution in [1.82, 2.24) is 0 Å². The van der Waals surface area contributed by atoms with E-state index in [-0.39, 0.29) is 0 Å². The van der Waals surface area contributed by atoms with Crippen molar-refractivity contribution >= 4 is 11.4 Å². The number of nitrogens with zero attached hydrogens (tertiary/aromatic N) is 2. The molecule has 0 amide bonds. The molecule has 0 radical (unpaired) electrons. The predicted molar refractivity (Wildman–Crippen MR) is 74.1 cm³/mol. The molecule has 7 heteroatoms. The lowest BCUT2D eigenvalue weighted by Crippen LogP contribution is -1.95. The number of hydrogen-bond acceptors (Lipinski definition) is 5. The monoisotopic (exact) mass is 275 g/mol. The Morgan fingerprint density at radius 3 is 1.50 bits per heavy atom. The van der Waals surface area contributed by atoms with Crippen molar-refractivity contribution in [2.24, 2.45) is 5.73 Å². The highest BCUT2D eigenvalue weighted by Gasteiger charge is 2.21. The van der Waals surface area contributed by atoms with Crippen molar-refractivity contribution < 1.29 is 9.85 Å². The van der Waals surface area contributed by atoms with Crippen LogP contribution in [0.25, 0.3) is 0 Å². The van der Waals surface area contributed by atoms with Crippen LogP contribution in [-0.2, 0) is 6.54 Å². The Morgan fingerprint density at radius 1 is 0.800 bits per heavy atom. The molecule has 0 spiro atoms. The van der Waals surface area contributed by atoms with Gasteiger partial charge in [-0.25, -0.2) is 0 Å². The zero-order valence-electron chi connectivity index (χ0n) is 10.5. The zero-order valence-corrected chi connectivity index (χ0v) is 10.5. The van der Waals surface area contributed by atoms with Gasteiger partial charge in [0, 0.05) is 18.7 Å². The molecular formula is C13H13N3O4. The quantitative estimate of drug-likeness (QED) is 0.683. The smallest absolute Gasteiger partial charge is 0.326 e. The number of nitro benzene ring substituents is 2. The third-order valence-electron chi connectivity index (χ3n) is 2.35. The van der Waals surface area contributed by atoms with E-state index in [2.05, 4.69) is 0 Å². The van der Waals surface area contributed by atoms with E-state index in [1.165, 1.54) is 17.7 Å². The van der Waals surface area contributed by atoms with Crippen LogP contribution in [0.5, 0.6) is 0 Å². The summed E-state index contributed by atoms with van der Waals surface area (Å²) in [6, 6.07) is 14.9. The van der Waals surface area contributed by atoms with Crippen molar-refractivity contribution in [2.45, 2.75) is 6.54 Å². The average Bonchev–Trinajstić information content (AvgIpc) is 2.48. The van der Waals surface area contributed by atoms with Crippen molar-refractivity contribution in [3.8, 4) is 0 Å². The van der Waals surface area contributed by atoms with Crippen LogP contribution in [0.4, 0.5) is 11.4 Å². The minimum Gasteiger partial charge on any atom is -0.326 e. The Balaban J connectivity index is 0.000000217. The molecule has 2 aromatic rings. The number of rotatable bonds is 3. The highest BCUT2D eigenvalue weighted by molar-refractivity contribution is 5.51. The molecule has 0 aliphatic carbocycles. The lowest BCUT2D eigenvalue weighted by Gasteiger charge is -1.91. The third kappa shape index (κ3) is 4.46. The Kier molecular flexibility index (Phi) is 5.79. The molecule has 20 heavy (non-hydrogen) atoms. The Labute approximate surface area is 115 Å². The molecule has 2 aromatic carbocycles. The summed E-state index contributed by atoms with van der Waals surface area (Å²) < 4.78 is 0. The minimum absolute atomic E-state index is 0.484. The number of para-hydroxylation sites is 2.